The van der Waals surface area contributed by atoms with Crippen LogP contribution in [-0.2, 0) is 19.8 Å². The van der Waals surface area contributed by atoms with E-state index in [1.165, 1.54) is 21.3 Å². The lowest BCUT2D eigenvalue weighted by atomic mass is 9.63. The number of hydrogen-bond acceptors (Lipinski definition) is 5. The third-order valence-electron chi connectivity index (χ3n) is 5.04. The van der Waals surface area contributed by atoms with Crippen molar-refractivity contribution in [1.29, 1.82) is 0 Å². The summed E-state index contributed by atoms with van der Waals surface area (Å²) in [5, 5.41) is 0. The number of imide groups is 1. The number of carbonyl (C=O) groups is 3. The number of methoxy groups -OCH3 is 2. The minimum absolute atomic E-state index is 0.0301. The monoisotopic (exact) mass is 317 g/mol. The first-order valence-corrected chi connectivity index (χ1v) is 7.52. The molecular weight excluding hydrogens is 298 g/mol. The van der Waals surface area contributed by atoms with Crippen LogP contribution in [0.4, 0.5) is 0 Å². The van der Waals surface area contributed by atoms with Crippen molar-refractivity contribution < 1.29 is 23.9 Å². The number of carbonyl (C=O) groups excluding carboxylic acids is 3. The summed E-state index contributed by atoms with van der Waals surface area (Å²) in [6.45, 7) is 0. The highest BCUT2D eigenvalue weighted by Crippen LogP contribution is 2.50. The Morgan fingerprint density at radius 1 is 1.13 bits per heavy atom. The standard InChI is InChI=1S/C17H19NO5/c1-18-15(20)12-9-11(19)6-7-17(12,16(18)21)10-4-5-13(22-2)14(8-10)23-3/h4-5,8,12H,6-7,9H2,1-3H3/t12-,17+/m1/s1. The van der Waals surface area contributed by atoms with Crippen molar-refractivity contribution in [3.63, 3.8) is 0 Å². The summed E-state index contributed by atoms with van der Waals surface area (Å²) < 4.78 is 10.6. The van der Waals surface area contributed by atoms with Crippen LogP contribution in [0, 0.1) is 5.92 Å². The maximum absolute atomic E-state index is 12.9. The predicted octanol–water partition coefficient (Wildman–Crippen LogP) is 1.31. The van der Waals surface area contributed by atoms with Gasteiger partial charge in [0.2, 0.25) is 11.8 Å². The number of likely N-dealkylation sites (N-methyl/N-ethyl adjacent to an activating group) is 1. The molecule has 0 N–H and O–H groups in total. The summed E-state index contributed by atoms with van der Waals surface area (Å²) in [6, 6.07) is 5.26. The summed E-state index contributed by atoms with van der Waals surface area (Å²) >= 11 is 0. The molecule has 0 radical (unpaired) electrons. The van der Waals surface area contributed by atoms with E-state index in [-0.39, 0.29) is 24.0 Å². The third kappa shape index (κ3) is 2.04. The van der Waals surface area contributed by atoms with Crippen LogP contribution in [-0.4, -0.2) is 43.8 Å². The summed E-state index contributed by atoms with van der Waals surface area (Å²) in [6.07, 6.45) is 0.766. The Morgan fingerprint density at radius 2 is 1.83 bits per heavy atom. The Morgan fingerprint density at radius 3 is 2.48 bits per heavy atom. The molecule has 0 aromatic heterocycles. The first kappa shape index (κ1) is 15.5. The molecule has 122 valence electrons. The molecule has 6 heteroatoms. The Balaban J connectivity index is 2.16. The molecule has 0 spiro atoms. The Bertz CT molecular complexity index is 698. The molecule has 1 aromatic rings. The lowest BCUT2D eigenvalue weighted by molar-refractivity contribution is -0.138. The molecule has 1 heterocycles. The maximum atomic E-state index is 12.9. The van der Waals surface area contributed by atoms with Crippen LogP contribution < -0.4 is 9.47 Å². The number of ketones is 1. The van der Waals surface area contributed by atoms with Gasteiger partial charge in [0.15, 0.2) is 11.5 Å². The Hall–Kier alpha value is -2.37. The normalized spacial score (nSPS) is 27.2. The molecule has 0 bridgehead atoms. The summed E-state index contributed by atoms with van der Waals surface area (Å²) in [7, 11) is 4.54. The molecule has 2 amide bonds. The number of likely N-dealkylation sites (tertiary alicyclic amines) is 1. The second kappa shape index (κ2) is 5.37. The van der Waals surface area contributed by atoms with E-state index in [4.69, 9.17) is 9.47 Å². The van der Waals surface area contributed by atoms with Crippen molar-refractivity contribution in [2.24, 2.45) is 5.92 Å². The average Bonchev–Trinajstić information content (AvgIpc) is 2.76. The van der Waals surface area contributed by atoms with E-state index in [1.807, 2.05) is 0 Å². The van der Waals surface area contributed by atoms with Crippen LogP contribution in [0.2, 0.25) is 0 Å². The smallest absolute Gasteiger partial charge is 0.240 e. The van der Waals surface area contributed by atoms with Crippen molar-refractivity contribution in [1.82, 2.24) is 4.90 Å². The SMILES string of the molecule is COc1ccc([C@@]23CCC(=O)C[C@@H]2C(=O)N(C)C3=O)cc1OC. The van der Waals surface area contributed by atoms with Gasteiger partial charge in [0.1, 0.15) is 5.78 Å². The fourth-order valence-corrected chi connectivity index (χ4v) is 3.78. The highest BCUT2D eigenvalue weighted by molar-refractivity contribution is 6.12. The molecule has 3 rings (SSSR count). The zero-order chi connectivity index (χ0) is 16.8. The van der Waals surface area contributed by atoms with Crippen LogP contribution in [0.1, 0.15) is 24.8 Å². The zero-order valence-electron chi connectivity index (χ0n) is 13.4. The van der Waals surface area contributed by atoms with Gasteiger partial charge in [-0.25, -0.2) is 0 Å². The van der Waals surface area contributed by atoms with Crippen LogP contribution in [0.15, 0.2) is 18.2 Å². The third-order valence-corrected chi connectivity index (χ3v) is 5.04. The van der Waals surface area contributed by atoms with E-state index < -0.39 is 11.3 Å². The van der Waals surface area contributed by atoms with Crippen LogP contribution in [0.3, 0.4) is 0 Å². The quantitative estimate of drug-likeness (QED) is 0.786. The number of amides is 2. The number of rotatable bonds is 3. The van der Waals surface area contributed by atoms with E-state index in [0.29, 0.717) is 29.9 Å². The van der Waals surface area contributed by atoms with Gasteiger partial charge in [-0.15, -0.1) is 0 Å². The fourth-order valence-electron chi connectivity index (χ4n) is 3.78. The molecule has 1 aromatic carbocycles. The fraction of sp³-hybridized carbons (Fsp3) is 0.471. The molecule has 2 aliphatic rings. The van der Waals surface area contributed by atoms with Crippen molar-refractivity contribution >= 4 is 17.6 Å². The van der Waals surface area contributed by atoms with Crippen LogP contribution in [0.25, 0.3) is 0 Å². The predicted molar refractivity (Wildman–Crippen MR) is 81.3 cm³/mol. The van der Waals surface area contributed by atoms with Crippen molar-refractivity contribution in [3.8, 4) is 11.5 Å². The number of hydrogen-bond donors (Lipinski definition) is 0. The van der Waals surface area contributed by atoms with Crippen LogP contribution >= 0.6 is 0 Å². The minimum atomic E-state index is -0.973. The molecule has 23 heavy (non-hydrogen) atoms. The molecule has 2 atom stereocenters. The lowest BCUT2D eigenvalue weighted by Crippen LogP contribution is -2.44. The van der Waals surface area contributed by atoms with Gasteiger partial charge in [-0.3, -0.25) is 19.3 Å². The van der Waals surface area contributed by atoms with Gasteiger partial charge < -0.3 is 9.47 Å². The van der Waals surface area contributed by atoms with E-state index in [0.717, 1.165) is 4.90 Å². The Kier molecular flexibility index (Phi) is 3.62. The molecule has 1 saturated carbocycles. The van der Waals surface area contributed by atoms with Gasteiger partial charge >= 0.3 is 0 Å². The van der Waals surface area contributed by atoms with Gasteiger partial charge in [0.25, 0.3) is 0 Å². The number of Topliss-reactive ketones (excluding diaryl/α,β-unsaturated/α-hetero) is 1. The highest BCUT2D eigenvalue weighted by Gasteiger charge is 2.61. The summed E-state index contributed by atoms with van der Waals surface area (Å²) in [5.74, 6) is -0.0574. The largest absolute Gasteiger partial charge is 0.493 e. The lowest BCUT2D eigenvalue weighted by Gasteiger charge is -2.35. The number of fused-ring (bicyclic) bond motifs is 1. The number of ether oxygens (including phenoxy) is 2. The topological polar surface area (TPSA) is 72.9 Å². The van der Waals surface area contributed by atoms with Crippen molar-refractivity contribution in [2.45, 2.75) is 24.7 Å². The van der Waals surface area contributed by atoms with Gasteiger partial charge in [0, 0.05) is 19.9 Å². The van der Waals surface area contributed by atoms with Crippen LogP contribution in [0.5, 0.6) is 11.5 Å². The summed E-state index contributed by atoms with van der Waals surface area (Å²) in [5.41, 5.74) is -0.269. The van der Waals surface area contributed by atoms with Crippen molar-refractivity contribution in [2.75, 3.05) is 21.3 Å². The van der Waals surface area contributed by atoms with Gasteiger partial charge in [0.05, 0.1) is 25.6 Å². The van der Waals surface area contributed by atoms with E-state index in [2.05, 4.69) is 0 Å². The number of benzene rings is 1. The van der Waals surface area contributed by atoms with E-state index >= 15 is 0 Å². The zero-order valence-corrected chi connectivity index (χ0v) is 13.4. The van der Waals surface area contributed by atoms with E-state index in [9.17, 15) is 14.4 Å². The Labute approximate surface area is 134 Å². The molecular formula is C17H19NO5. The second-order valence-corrected chi connectivity index (χ2v) is 6.04. The van der Waals surface area contributed by atoms with Crippen molar-refractivity contribution in [3.05, 3.63) is 23.8 Å². The first-order chi connectivity index (χ1) is 11.0. The second-order valence-electron chi connectivity index (χ2n) is 6.04. The molecule has 1 aliphatic carbocycles. The molecule has 2 fully saturated rings. The van der Waals surface area contributed by atoms with Gasteiger partial charge in [-0.1, -0.05) is 6.07 Å². The number of nitrogens with zero attached hydrogens (tertiary/aromatic N) is 1. The molecule has 1 saturated heterocycles. The molecule has 6 nitrogen and oxygen atoms in total. The molecule has 0 unspecified atom stereocenters. The molecule has 1 aliphatic heterocycles. The summed E-state index contributed by atoms with van der Waals surface area (Å²) in [4.78, 5) is 38.3. The first-order valence-electron chi connectivity index (χ1n) is 7.52. The van der Waals surface area contributed by atoms with Gasteiger partial charge in [-0.2, -0.15) is 0 Å². The van der Waals surface area contributed by atoms with Gasteiger partial charge in [-0.05, 0) is 24.1 Å². The highest BCUT2D eigenvalue weighted by atomic mass is 16.5. The average molecular weight is 317 g/mol. The minimum Gasteiger partial charge on any atom is -0.493 e. The van der Waals surface area contributed by atoms with E-state index in [1.54, 1.807) is 18.2 Å². The maximum Gasteiger partial charge on any atom is 0.240 e.